The van der Waals surface area contributed by atoms with Crippen LogP contribution in [0.25, 0.3) is 0 Å². The Bertz CT molecular complexity index is 1140. The standard InChI is InChI=1S/C23H26N6O2/c30-22(19-6-7-20-18-10-17(11-24-12-18)14-29(20)23(19)31)25-13-21-27-26-15-28(21)9-8-16-4-2-1-3-5-16/h1-7,15,17-18,24H,8-14H2,(H,25,30)/t17-,18+/m0/s1. The van der Waals surface area contributed by atoms with Gasteiger partial charge in [-0.05, 0) is 43.0 Å². The van der Waals surface area contributed by atoms with Crippen LogP contribution in [0.15, 0.2) is 53.6 Å². The summed E-state index contributed by atoms with van der Waals surface area (Å²) in [6.45, 7) is 3.44. The van der Waals surface area contributed by atoms with Crippen LogP contribution in [0, 0.1) is 5.92 Å². The smallest absolute Gasteiger partial charge is 0.263 e. The molecule has 2 aromatic heterocycles. The molecule has 2 atom stereocenters. The maximum Gasteiger partial charge on any atom is 0.263 e. The molecular formula is C23H26N6O2. The van der Waals surface area contributed by atoms with Gasteiger partial charge in [-0.25, -0.2) is 0 Å². The third kappa shape index (κ3) is 4.03. The van der Waals surface area contributed by atoms with Gasteiger partial charge in [-0.1, -0.05) is 30.3 Å². The predicted molar refractivity (Wildman–Crippen MR) is 116 cm³/mol. The number of pyridine rings is 1. The number of amides is 1. The van der Waals surface area contributed by atoms with Gasteiger partial charge in [-0.2, -0.15) is 0 Å². The summed E-state index contributed by atoms with van der Waals surface area (Å²) >= 11 is 0. The largest absolute Gasteiger partial charge is 0.345 e. The third-order valence-corrected chi connectivity index (χ3v) is 6.34. The predicted octanol–water partition coefficient (Wildman–Crippen LogP) is 1.32. The molecular weight excluding hydrogens is 392 g/mol. The van der Waals surface area contributed by atoms with Crippen molar-refractivity contribution in [3.8, 4) is 0 Å². The molecule has 3 aromatic rings. The molecule has 5 rings (SSSR count). The van der Waals surface area contributed by atoms with Crippen LogP contribution in [-0.4, -0.2) is 38.3 Å². The van der Waals surface area contributed by atoms with E-state index in [1.54, 1.807) is 17.0 Å². The number of piperidine rings is 1. The average molecular weight is 419 g/mol. The van der Waals surface area contributed by atoms with E-state index in [2.05, 4.69) is 33.0 Å². The molecule has 1 fully saturated rings. The number of rotatable bonds is 6. The number of carbonyl (C=O) groups excluding carboxylic acids is 1. The highest BCUT2D eigenvalue weighted by Gasteiger charge is 2.31. The van der Waals surface area contributed by atoms with E-state index in [1.165, 1.54) is 5.56 Å². The van der Waals surface area contributed by atoms with Gasteiger partial charge in [-0.15, -0.1) is 10.2 Å². The van der Waals surface area contributed by atoms with E-state index in [-0.39, 0.29) is 23.6 Å². The monoisotopic (exact) mass is 418 g/mol. The molecule has 1 amide bonds. The topological polar surface area (TPSA) is 93.8 Å². The summed E-state index contributed by atoms with van der Waals surface area (Å²) in [5, 5.41) is 14.4. The number of aryl methyl sites for hydroxylation is 2. The van der Waals surface area contributed by atoms with Gasteiger partial charge in [0, 0.05) is 31.2 Å². The maximum absolute atomic E-state index is 13.0. The first-order valence-electron chi connectivity index (χ1n) is 10.8. The fraction of sp³-hybridized carbons (Fsp3) is 0.391. The molecule has 1 saturated heterocycles. The van der Waals surface area contributed by atoms with Gasteiger partial charge < -0.3 is 19.8 Å². The van der Waals surface area contributed by atoms with Gasteiger partial charge in [0.25, 0.3) is 11.5 Å². The van der Waals surface area contributed by atoms with Crippen molar-refractivity contribution in [2.45, 2.75) is 38.4 Å². The molecule has 0 spiro atoms. The van der Waals surface area contributed by atoms with Crippen molar-refractivity contribution in [2.24, 2.45) is 5.92 Å². The minimum atomic E-state index is -0.369. The first kappa shape index (κ1) is 19.7. The lowest BCUT2D eigenvalue weighted by atomic mass is 9.84. The summed E-state index contributed by atoms with van der Waals surface area (Å²) in [7, 11) is 0. The van der Waals surface area contributed by atoms with Crippen LogP contribution >= 0.6 is 0 Å². The number of carbonyl (C=O) groups is 1. The summed E-state index contributed by atoms with van der Waals surface area (Å²) in [6.07, 6.45) is 3.63. The summed E-state index contributed by atoms with van der Waals surface area (Å²) in [6, 6.07) is 13.8. The molecule has 0 radical (unpaired) electrons. The molecule has 0 aliphatic carbocycles. The van der Waals surface area contributed by atoms with Crippen molar-refractivity contribution in [1.82, 2.24) is 30.0 Å². The van der Waals surface area contributed by atoms with Crippen LogP contribution in [0.4, 0.5) is 0 Å². The Morgan fingerprint density at radius 2 is 2.03 bits per heavy atom. The summed E-state index contributed by atoms with van der Waals surface area (Å²) in [5.74, 6) is 1.10. The summed E-state index contributed by atoms with van der Waals surface area (Å²) < 4.78 is 3.73. The van der Waals surface area contributed by atoms with Gasteiger partial charge in [-0.3, -0.25) is 9.59 Å². The van der Waals surface area contributed by atoms with Crippen LogP contribution in [0.1, 0.15) is 39.8 Å². The Hall–Kier alpha value is -3.26. The van der Waals surface area contributed by atoms with Crippen LogP contribution < -0.4 is 16.2 Å². The van der Waals surface area contributed by atoms with Crippen molar-refractivity contribution in [1.29, 1.82) is 0 Å². The van der Waals surface area contributed by atoms with Gasteiger partial charge in [0.2, 0.25) is 0 Å². The summed E-state index contributed by atoms with van der Waals surface area (Å²) in [4.78, 5) is 25.8. The Balaban J connectivity index is 1.26. The molecule has 160 valence electrons. The highest BCUT2D eigenvalue weighted by Crippen LogP contribution is 2.31. The molecule has 0 unspecified atom stereocenters. The molecule has 2 aliphatic heterocycles. The van der Waals surface area contributed by atoms with Crippen molar-refractivity contribution < 1.29 is 4.79 Å². The number of nitrogens with zero attached hydrogens (tertiary/aromatic N) is 4. The second kappa shape index (κ2) is 8.47. The Labute approximate surface area is 180 Å². The number of hydrogen-bond acceptors (Lipinski definition) is 5. The van der Waals surface area contributed by atoms with Crippen molar-refractivity contribution in [3.05, 3.63) is 81.8 Å². The van der Waals surface area contributed by atoms with E-state index in [0.717, 1.165) is 38.2 Å². The lowest BCUT2D eigenvalue weighted by Gasteiger charge is -2.37. The van der Waals surface area contributed by atoms with Crippen LogP contribution in [0.5, 0.6) is 0 Å². The second-order valence-electron chi connectivity index (χ2n) is 8.40. The summed E-state index contributed by atoms with van der Waals surface area (Å²) in [5.41, 5.74) is 2.25. The Kier molecular flexibility index (Phi) is 5.38. The molecule has 8 nitrogen and oxygen atoms in total. The number of hydrogen-bond donors (Lipinski definition) is 2. The third-order valence-electron chi connectivity index (χ3n) is 6.34. The number of benzene rings is 1. The van der Waals surface area contributed by atoms with Gasteiger partial charge in [0.1, 0.15) is 11.9 Å². The minimum Gasteiger partial charge on any atom is -0.345 e. The fourth-order valence-corrected chi connectivity index (χ4v) is 4.71. The first-order valence-corrected chi connectivity index (χ1v) is 10.8. The van der Waals surface area contributed by atoms with Crippen molar-refractivity contribution >= 4 is 5.91 Å². The highest BCUT2D eigenvalue weighted by molar-refractivity contribution is 5.93. The van der Waals surface area contributed by atoms with E-state index in [9.17, 15) is 9.59 Å². The molecule has 0 saturated carbocycles. The number of fused-ring (bicyclic) bond motifs is 4. The number of nitrogens with one attached hydrogen (secondary N) is 2. The van der Waals surface area contributed by atoms with E-state index >= 15 is 0 Å². The molecule has 31 heavy (non-hydrogen) atoms. The highest BCUT2D eigenvalue weighted by atomic mass is 16.2. The Morgan fingerprint density at radius 1 is 1.16 bits per heavy atom. The maximum atomic E-state index is 13.0. The first-order chi connectivity index (χ1) is 15.2. The van der Waals surface area contributed by atoms with Crippen LogP contribution in [0.2, 0.25) is 0 Å². The average Bonchev–Trinajstić information content (AvgIpc) is 3.25. The molecule has 8 heteroatoms. The number of aromatic nitrogens is 4. The zero-order valence-corrected chi connectivity index (χ0v) is 17.3. The molecule has 2 aliphatic rings. The SMILES string of the molecule is O=C(NCc1nncn1CCc1ccccc1)c1ccc2n(c1=O)C[C@@H]1CNC[C@H]2C1. The van der Waals surface area contributed by atoms with Crippen LogP contribution in [-0.2, 0) is 26.1 Å². The van der Waals surface area contributed by atoms with E-state index in [0.29, 0.717) is 24.2 Å². The van der Waals surface area contributed by atoms with E-state index in [1.807, 2.05) is 28.8 Å². The second-order valence-corrected chi connectivity index (χ2v) is 8.40. The van der Waals surface area contributed by atoms with Crippen molar-refractivity contribution in [3.63, 3.8) is 0 Å². The van der Waals surface area contributed by atoms with Crippen molar-refractivity contribution in [2.75, 3.05) is 13.1 Å². The molecule has 2 N–H and O–H groups in total. The van der Waals surface area contributed by atoms with Gasteiger partial charge in [0.15, 0.2) is 5.82 Å². The lowest BCUT2D eigenvalue weighted by Crippen LogP contribution is -2.46. The Morgan fingerprint density at radius 3 is 2.90 bits per heavy atom. The lowest BCUT2D eigenvalue weighted by molar-refractivity contribution is 0.0946. The quantitative estimate of drug-likeness (QED) is 0.630. The van der Waals surface area contributed by atoms with Crippen LogP contribution in [0.3, 0.4) is 0 Å². The van der Waals surface area contributed by atoms with Gasteiger partial charge >= 0.3 is 0 Å². The molecule has 4 heterocycles. The fourth-order valence-electron chi connectivity index (χ4n) is 4.71. The molecule has 2 bridgehead atoms. The molecule has 1 aromatic carbocycles. The minimum absolute atomic E-state index is 0.187. The van der Waals surface area contributed by atoms with E-state index < -0.39 is 0 Å². The zero-order valence-electron chi connectivity index (χ0n) is 17.3. The normalized spacial score (nSPS) is 19.6. The van der Waals surface area contributed by atoms with Gasteiger partial charge in [0.05, 0.1) is 6.54 Å². The van der Waals surface area contributed by atoms with E-state index in [4.69, 9.17) is 0 Å². The zero-order chi connectivity index (χ0) is 21.2.